The molecule has 1 unspecified atom stereocenters. The first kappa shape index (κ1) is 7.87. The molecule has 0 aliphatic heterocycles. The molecule has 0 aromatic rings. The molecule has 0 saturated carbocycles. The van der Waals surface area contributed by atoms with Crippen LogP contribution in [0.1, 0.15) is 0 Å². The van der Waals surface area contributed by atoms with Crippen molar-refractivity contribution in [3.05, 3.63) is 0 Å². The van der Waals surface area contributed by atoms with Crippen molar-refractivity contribution < 1.29 is 13.2 Å². The molecule has 0 bridgehead atoms. The lowest BCUT2D eigenvalue weighted by Gasteiger charge is -1.92. The van der Waals surface area contributed by atoms with Crippen molar-refractivity contribution in [2.75, 3.05) is 7.11 Å². The second kappa shape index (κ2) is 3.82. The fourth-order valence-electron chi connectivity index (χ4n) is 0.107. The Balaban J connectivity index is 3.40. The van der Waals surface area contributed by atoms with Gasteiger partial charge in [-0.3, -0.25) is 8.98 Å². The minimum absolute atomic E-state index is 0.898. The van der Waals surface area contributed by atoms with E-state index in [2.05, 4.69) is 4.18 Å². The highest BCUT2D eigenvalue weighted by atomic mass is 35.5. The molecular weight excluding hydrogens is 154 g/mol. The third kappa shape index (κ3) is 4.04. The number of halogens is 1. The summed E-state index contributed by atoms with van der Waals surface area (Å²) in [6.45, 7) is 0. The van der Waals surface area contributed by atoms with E-state index in [9.17, 15) is 9.00 Å². The van der Waals surface area contributed by atoms with Gasteiger partial charge in [0.05, 0.1) is 7.11 Å². The Morgan fingerprint density at radius 2 is 2.38 bits per heavy atom. The molecule has 0 aliphatic rings. The highest BCUT2D eigenvalue weighted by Gasteiger charge is 1.97. The topological polar surface area (TPSA) is 55.4 Å². The minimum Gasteiger partial charge on any atom is -0.277 e. The number of rotatable bonds is 2. The number of hydrogen-bond acceptors (Lipinski definition) is 3. The van der Waals surface area contributed by atoms with Crippen molar-refractivity contribution in [2.45, 2.75) is 0 Å². The third-order valence-electron chi connectivity index (χ3n) is 0.315. The van der Waals surface area contributed by atoms with E-state index in [4.69, 9.17) is 11.6 Å². The minimum atomic E-state index is -1.79. The SMILES string of the molecule is COS(=O)NC(=O)Cl. The van der Waals surface area contributed by atoms with Gasteiger partial charge in [-0.1, -0.05) is 0 Å². The zero-order chi connectivity index (χ0) is 6.57. The zero-order valence-electron chi connectivity index (χ0n) is 4.01. The van der Waals surface area contributed by atoms with Crippen molar-refractivity contribution in [2.24, 2.45) is 0 Å². The van der Waals surface area contributed by atoms with Crippen LogP contribution in [0.2, 0.25) is 0 Å². The first-order valence-corrected chi connectivity index (χ1v) is 3.04. The fourth-order valence-corrected chi connectivity index (χ4v) is 0.511. The molecule has 4 nitrogen and oxygen atoms in total. The zero-order valence-corrected chi connectivity index (χ0v) is 5.58. The molecule has 8 heavy (non-hydrogen) atoms. The lowest BCUT2D eigenvalue weighted by atomic mass is 11.5. The number of hydrogen-bond donors (Lipinski definition) is 1. The first-order valence-electron chi connectivity index (χ1n) is 1.59. The molecule has 0 heterocycles. The molecule has 0 spiro atoms. The van der Waals surface area contributed by atoms with Crippen LogP contribution in [0.4, 0.5) is 4.79 Å². The second-order valence-electron chi connectivity index (χ2n) is 0.777. The Morgan fingerprint density at radius 3 is 2.50 bits per heavy atom. The van der Waals surface area contributed by atoms with Gasteiger partial charge in [0.25, 0.3) is 11.3 Å². The van der Waals surface area contributed by atoms with E-state index in [-0.39, 0.29) is 0 Å². The summed E-state index contributed by atoms with van der Waals surface area (Å²) in [6, 6.07) is 0. The van der Waals surface area contributed by atoms with Crippen LogP contribution < -0.4 is 4.72 Å². The van der Waals surface area contributed by atoms with Crippen LogP contribution in [0.5, 0.6) is 0 Å². The van der Waals surface area contributed by atoms with Gasteiger partial charge in [0, 0.05) is 0 Å². The summed E-state index contributed by atoms with van der Waals surface area (Å²) >= 11 is 2.94. The van der Waals surface area contributed by atoms with E-state index in [1.165, 1.54) is 7.11 Å². The van der Waals surface area contributed by atoms with E-state index in [1.54, 1.807) is 4.72 Å². The van der Waals surface area contributed by atoms with Crippen molar-refractivity contribution in [1.29, 1.82) is 0 Å². The molecule has 0 aliphatic carbocycles. The summed E-state index contributed by atoms with van der Waals surface area (Å²) in [4.78, 5) is 9.79. The van der Waals surface area contributed by atoms with Crippen LogP contribution >= 0.6 is 11.6 Å². The van der Waals surface area contributed by atoms with Crippen LogP contribution in [0.3, 0.4) is 0 Å². The second-order valence-corrected chi connectivity index (χ2v) is 2.13. The van der Waals surface area contributed by atoms with Crippen molar-refractivity contribution >= 4 is 28.2 Å². The Kier molecular flexibility index (Phi) is 3.76. The van der Waals surface area contributed by atoms with Gasteiger partial charge in [-0.25, -0.2) is 8.93 Å². The maximum Gasteiger partial charge on any atom is 0.327 e. The quantitative estimate of drug-likeness (QED) is 0.459. The molecule has 1 N–H and O–H groups in total. The molecule has 0 radical (unpaired) electrons. The first-order chi connectivity index (χ1) is 3.66. The standard InChI is InChI=1S/C2H4ClNO3S/c1-7-8(6)4-2(3)5/h1H3,(H,4,5). The van der Waals surface area contributed by atoms with Crippen LogP contribution in [-0.2, 0) is 15.4 Å². The number of carbonyl (C=O) groups is 1. The number of carbonyl (C=O) groups excluding carboxylic acids is 1. The highest BCUT2D eigenvalue weighted by molar-refractivity contribution is 7.78. The van der Waals surface area contributed by atoms with Gasteiger partial charge in [-0.15, -0.1) is 0 Å². The summed E-state index contributed by atoms with van der Waals surface area (Å²) in [5.41, 5.74) is 0. The van der Waals surface area contributed by atoms with E-state index in [0.717, 1.165) is 0 Å². The molecule has 48 valence electrons. The normalized spacial score (nSPS) is 12.8. The smallest absolute Gasteiger partial charge is 0.277 e. The predicted octanol–water partition coefficient (Wildman–Crippen LogP) is 0.160. The summed E-state index contributed by atoms with van der Waals surface area (Å²) in [6.07, 6.45) is 0. The summed E-state index contributed by atoms with van der Waals surface area (Å²) in [5.74, 6) is 0. The molecule has 6 heteroatoms. The third-order valence-corrected chi connectivity index (χ3v) is 1.18. The number of amides is 1. The summed E-state index contributed by atoms with van der Waals surface area (Å²) in [5, 5.41) is -0.898. The molecule has 1 atom stereocenters. The fraction of sp³-hybridized carbons (Fsp3) is 0.500. The molecule has 1 amide bonds. The Hall–Kier alpha value is -0.130. The number of nitrogens with one attached hydrogen (secondary N) is 1. The van der Waals surface area contributed by atoms with Gasteiger partial charge >= 0.3 is 5.37 Å². The van der Waals surface area contributed by atoms with Gasteiger partial charge in [0.15, 0.2) is 0 Å². The molecular formula is C2H4ClNO3S. The van der Waals surface area contributed by atoms with Crippen molar-refractivity contribution in [1.82, 2.24) is 4.72 Å². The van der Waals surface area contributed by atoms with Crippen LogP contribution in [0.25, 0.3) is 0 Å². The highest BCUT2D eigenvalue weighted by Crippen LogP contribution is 1.80. The molecule has 0 aromatic carbocycles. The van der Waals surface area contributed by atoms with Crippen LogP contribution in [0.15, 0.2) is 0 Å². The summed E-state index contributed by atoms with van der Waals surface area (Å²) < 4.78 is 16.0. The molecule has 0 aromatic heterocycles. The average molecular weight is 158 g/mol. The Morgan fingerprint density at radius 1 is 1.88 bits per heavy atom. The lowest BCUT2D eigenvalue weighted by Crippen LogP contribution is -2.19. The maximum absolute atomic E-state index is 10.1. The largest absolute Gasteiger partial charge is 0.327 e. The van der Waals surface area contributed by atoms with E-state index in [0.29, 0.717) is 0 Å². The van der Waals surface area contributed by atoms with Crippen LogP contribution in [-0.4, -0.2) is 16.7 Å². The lowest BCUT2D eigenvalue weighted by molar-refractivity contribution is 0.263. The van der Waals surface area contributed by atoms with E-state index in [1.807, 2.05) is 0 Å². The predicted molar refractivity (Wildman–Crippen MR) is 29.5 cm³/mol. The molecule has 0 fully saturated rings. The Bertz CT molecular complexity index is 116. The van der Waals surface area contributed by atoms with E-state index < -0.39 is 16.6 Å². The monoisotopic (exact) mass is 157 g/mol. The van der Waals surface area contributed by atoms with Gasteiger partial charge in [-0.2, -0.15) is 0 Å². The molecule has 0 saturated heterocycles. The maximum atomic E-state index is 10.1. The van der Waals surface area contributed by atoms with E-state index >= 15 is 0 Å². The Labute approximate surface area is 54.0 Å². The van der Waals surface area contributed by atoms with Gasteiger partial charge in [-0.05, 0) is 11.6 Å². The molecule has 0 rings (SSSR count). The van der Waals surface area contributed by atoms with Gasteiger partial charge < -0.3 is 0 Å². The van der Waals surface area contributed by atoms with Crippen molar-refractivity contribution in [3.63, 3.8) is 0 Å². The summed E-state index contributed by atoms with van der Waals surface area (Å²) in [7, 11) is 1.18. The van der Waals surface area contributed by atoms with Crippen molar-refractivity contribution in [3.8, 4) is 0 Å². The van der Waals surface area contributed by atoms with Gasteiger partial charge in [0.2, 0.25) is 0 Å². The van der Waals surface area contributed by atoms with Crippen LogP contribution in [0, 0.1) is 0 Å². The average Bonchev–Trinajstić information content (AvgIpc) is 1.65. The van der Waals surface area contributed by atoms with Gasteiger partial charge in [0.1, 0.15) is 0 Å².